The fourth-order valence-corrected chi connectivity index (χ4v) is 5.08. The van der Waals surface area contributed by atoms with E-state index >= 15 is 0 Å². The summed E-state index contributed by atoms with van der Waals surface area (Å²) in [6, 6.07) is 5.88. The van der Waals surface area contributed by atoms with Crippen molar-refractivity contribution in [3.63, 3.8) is 0 Å². The van der Waals surface area contributed by atoms with Gasteiger partial charge in [-0.25, -0.2) is 0 Å². The topological polar surface area (TPSA) is 37.4 Å². The molecule has 0 spiro atoms. The van der Waals surface area contributed by atoms with Crippen LogP contribution in [0.25, 0.3) is 0 Å². The number of hydrogen-bond acceptors (Lipinski definition) is 2. The first-order valence-corrected chi connectivity index (χ1v) is 8.21. The van der Waals surface area contributed by atoms with Crippen LogP contribution in [-0.2, 0) is 9.59 Å². The standard InChI is InChI=1S/C19H19NO2/c1-9-3-4-11(7-10(9)2)20-18(21)16-12-5-6-13(15-8-14(12)15)17(16)19(20)22/h3-7,12-17H,8H2,1-2H3/t12-,13-,14-,15+,16+,17-/m1/s1. The maximum atomic E-state index is 13.0. The lowest BCUT2D eigenvalue weighted by atomic mass is 9.63. The number of allylic oxidation sites excluding steroid dienone is 2. The molecular weight excluding hydrogens is 274 g/mol. The Hall–Kier alpha value is -1.90. The molecule has 2 amide bonds. The van der Waals surface area contributed by atoms with Gasteiger partial charge in [-0.1, -0.05) is 18.2 Å². The molecule has 3 heteroatoms. The number of carbonyl (C=O) groups is 2. The summed E-state index contributed by atoms with van der Waals surface area (Å²) in [5, 5.41) is 0. The molecule has 0 aromatic heterocycles. The Kier molecular flexibility index (Phi) is 2.23. The fourth-order valence-electron chi connectivity index (χ4n) is 5.08. The zero-order chi connectivity index (χ0) is 15.2. The number of carbonyl (C=O) groups excluding carboxylic acids is 2. The molecule has 22 heavy (non-hydrogen) atoms. The van der Waals surface area contributed by atoms with Crippen LogP contribution in [-0.4, -0.2) is 11.8 Å². The Morgan fingerprint density at radius 1 is 0.909 bits per heavy atom. The molecule has 1 saturated heterocycles. The second-order valence-electron chi connectivity index (χ2n) is 7.44. The molecule has 5 aliphatic rings. The Bertz CT molecular complexity index is 714. The van der Waals surface area contributed by atoms with Gasteiger partial charge in [0, 0.05) is 0 Å². The number of nitrogens with zero attached hydrogens (tertiary/aromatic N) is 1. The molecule has 0 N–H and O–H groups in total. The molecule has 0 radical (unpaired) electrons. The summed E-state index contributed by atoms with van der Waals surface area (Å²) in [5.41, 5.74) is 3.06. The summed E-state index contributed by atoms with van der Waals surface area (Å²) in [5.74, 6) is 1.77. The zero-order valence-electron chi connectivity index (χ0n) is 12.8. The first-order valence-electron chi connectivity index (χ1n) is 8.21. The highest BCUT2D eigenvalue weighted by Crippen LogP contribution is 2.65. The number of aryl methyl sites for hydroxylation is 2. The van der Waals surface area contributed by atoms with Gasteiger partial charge in [-0.05, 0) is 67.2 Å². The first kappa shape index (κ1) is 12.6. The van der Waals surface area contributed by atoms with Gasteiger partial charge >= 0.3 is 0 Å². The first-order chi connectivity index (χ1) is 10.6. The lowest BCUT2D eigenvalue weighted by Crippen LogP contribution is -2.40. The van der Waals surface area contributed by atoms with Gasteiger partial charge in [0.05, 0.1) is 17.5 Å². The third-order valence-corrected chi connectivity index (χ3v) is 6.41. The quantitative estimate of drug-likeness (QED) is 0.590. The molecule has 6 atom stereocenters. The highest BCUT2D eigenvalue weighted by molar-refractivity contribution is 6.22. The third kappa shape index (κ3) is 1.37. The van der Waals surface area contributed by atoms with E-state index in [-0.39, 0.29) is 23.7 Å². The van der Waals surface area contributed by atoms with E-state index in [0.717, 1.165) is 11.3 Å². The van der Waals surface area contributed by atoms with Crippen molar-refractivity contribution in [2.24, 2.45) is 35.5 Å². The van der Waals surface area contributed by atoms with Crippen molar-refractivity contribution in [3.8, 4) is 0 Å². The fraction of sp³-hybridized carbons (Fsp3) is 0.474. The van der Waals surface area contributed by atoms with Crippen LogP contribution in [0.5, 0.6) is 0 Å². The number of hydrogen-bond donors (Lipinski definition) is 0. The number of benzene rings is 1. The summed E-state index contributed by atoms with van der Waals surface area (Å²) in [6.45, 7) is 4.07. The number of anilines is 1. The van der Waals surface area contributed by atoms with Crippen molar-refractivity contribution in [3.05, 3.63) is 41.5 Å². The van der Waals surface area contributed by atoms with Gasteiger partial charge in [0.15, 0.2) is 0 Å². The molecule has 4 aliphatic carbocycles. The monoisotopic (exact) mass is 293 g/mol. The minimum atomic E-state index is -0.104. The van der Waals surface area contributed by atoms with Gasteiger partial charge in [-0.2, -0.15) is 0 Å². The van der Waals surface area contributed by atoms with Crippen LogP contribution >= 0.6 is 0 Å². The smallest absolute Gasteiger partial charge is 0.238 e. The van der Waals surface area contributed by atoms with Gasteiger partial charge in [0.2, 0.25) is 11.8 Å². The van der Waals surface area contributed by atoms with Crippen molar-refractivity contribution in [1.82, 2.24) is 0 Å². The maximum absolute atomic E-state index is 13.0. The van der Waals surface area contributed by atoms with Gasteiger partial charge in [-0.15, -0.1) is 0 Å². The van der Waals surface area contributed by atoms with Crippen molar-refractivity contribution in [2.45, 2.75) is 20.3 Å². The second kappa shape index (κ2) is 3.89. The molecule has 1 aromatic carbocycles. The van der Waals surface area contributed by atoms with Crippen molar-refractivity contribution in [1.29, 1.82) is 0 Å². The molecule has 1 aliphatic heterocycles. The number of rotatable bonds is 1. The van der Waals surface area contributed by atoms with Gasteiger partial charge in [0.25, 0.3) is 0 Å². The van der Waals surface area contributed by atoms with E-state index < -0.39 is 0 Å². The van der Waals surface area contributed by atoms with Crippen LogP contribution in [0.4, 0.5) is 5.69 Å². The average molecular weight is 293 g/mol. The van der Waals surface area contributed by atoms with E-state index in [1.807, 2.05) is 32.0 Å². The van der Waals surface area contributed by atoms with Crippen molar-refractivity contribution < 1.29 is 9.59 Å². The van der Waals surface area contributed by atoms with Crippen LogP contribution in [0.2, 0.25) is 0 Å². The summed E-state index contributed by atoms with van der Waals surface area (Å²) >= 11 is 0. The van der Waals surface area contributed by atoms with Crippen LogP contribution < -0.4 is 4.90 Å². The molecule has 2 bridgehead atoms. The average Bonchev–Trinajstić information content (AvgIpc) is 3.28. The highest BCUT2D eigenvalue weighted by atomic mass is 16.2. The molecule has 1 heterocycles. The predicted molar refractivity (Wildman–Crippen MR) is 83.1 cm³/mol. The summed E-state index contributed by atoms with van der Waals surface area (Å²) in [4.78, 5) is 27.4. The van der Waals surface area contributed by atoms with Crippen molar-refractivity contribution in [2.75, 3.05) is 4.90 Å². The van der Waals surface area contributed by atoms with Gasteiger partial charge in [0.1, 0.15) is 0 Å². The van der Waals surface area contributed by atoms with Crippen molar-refractivity contribution >= 4 is 17.5 Å². The van der Waals surface area contributed by atoms with E-state index in [1.165, 1.54) is 16.9 Å². The van der Waals surface area contributed by atoms with E-state index in [0.29, 0.717) is 23.7 Å². The van der Waals surface area contributed by atoms with E-state index in [1.54, 1.807) is 0 Å². The Morgan fingerprint density at radius 3 is 2.05 bits per heavy atom. The predicted octanol–water partition coefficient (Wildman–Crippen LogP) is 2.86. The van der Waals surface area contributed by atoms with Crippen LogP contribution in [0.1, 0.15) is 17.5 Å². The molecule has 6 rings (SSSR count). The van der Waals surface area contributed by atoms with Crippen LogP contribution in [0.3, 0.4) is 0 Å². The summed E-state index contributed by atoms with van der Waals surface area (Å²) in [6.07, 6.45) is 5.64. The Morgan fingerprint density at radius 2 is 1.50 bits per heavy atom. The zero-order valence-corrected chi connectivity index (χ0v) is 12.8. The lowest BCUT2D eigenvalue weighted by molar-refractivity contribution is -0.124. The second-order valence-corrected chi connectivity index (χ2v) is 7.44. The minimum absolute atomic E-state index is 0.0305. The Labute approximate surface area is 130 Å². The van der Waals surface area contributed by atoms with E-state index in [2.05, 4.69) is 12.2 Å². The van der Waals surface area contributed by atoms with Gasteiger partial charge in [-0.3, -0.25) is 14.5 Å². The van der Waals surface area contributed by atoms with E-state index in [9.17, 15) is 9.59 Å². The summed E-state index contributed by atoms with van der Waals surface area (Å²) < 4.78 is 0. The molecule has 112 valence electrons. The molecule has 3 fully saturated rings. The lowest BCUT2D eigenvalue weighted by Gasteiger charge is -2.37. The maximum Gasteiger partial charge on any atom is 0.238 e. The molecule has 2 saturated carbocycles. The SMILES string of the molecule is Cc1ccc(N2C(=O)[C@@H]3[C@@H]4C=C[C@H]([C@H]5C[C@@H]45)[C@@H]3C2=O)cc1C. The molecule has 0 unspecified atom stereocenters. The largest absolute Gasteiger partial charge is 0.274 e. The minimum Gasteiger partial charge on any atom is -0.274 e. The highest BCUT2D eigenvalue weighted by Gasteiger charge is 2.67. The molecule has 3 nitrogen and oxygen atoms in total. The van der Waals surface area contributed by atoms with E-state index in [4.69, 9.17) is 0 Å². The van der Waals surface area contributed by atoms with Crippen LogP contribution in [0.15, 0.2) is 30.4 Å². The normalized spacial score (nSPS) is 40.9. The number of imide groups is 1. The molecular formula is C19H19NO2. The molecule has 1 aromatic rings. The van der Waals surface area contributed by atoms with Crippen LogP contribution in [0, 0.1) is 49.4 Å². The summed E-state index contributed by atoms with van der Waals surface area (Å²) in [7, 11) is 0. The van der Waals surface area contributed by atoms with Gasteiger partial charge < -0.3 is 0 Å². The third-order valence-electron chi connectivity index (χ3n) is 6.41. The number of amides is 2. The Balaban J connectivity index is 1.58.